The van der Waals surface area contributed by atoms with Gasteiger partial charge in [0.1, 0.15) is 11.5 Å². The monoisotopic (exact) mass is 398 g/mol. The lowest BCUT2D eigenvalue weighted by Gasteiger charge is -2.35. The van der Waals surface area contributed by atoms with Crippen molar-refractivity contribution in [3.05, 3.63) is 64.7 Å². The second-order valence-corrected chi connectivity index (χ2v) is 8.50. The smallest absolute Gasteiger partial charge is 0.321 e. The molecule has 1 saturated heterocycles. The lowest BCUT2D eigenvalue weighted by atomic mass is 9.63. The Morgan fingerprint density at radius 1 is 1.21 bits per heavy atom. The number of amides is 1. The molecule has 2 aromatic carbocycles. The summed E-state index contributed by atoms with van der Waals surface area (Å²) in [4.78, 5) is 25.7. The number of aliphatic carboxylic acids is 1. The Kier molecular flexibility index (Phi) is 4.68. The largest absolute Gasteiger partial charge is 0.480 e. The molecule has 0 aromatic heterocycles. The Labute approximate surface area is 169 Å². The minimum atomic E-state index is -1.01. The Bertz CT molecular complexity index is 931. The Morgan fingerprint density at radius 2 is 1.93 bits per heavy atom. The molecule has 0 unspecified atom stereocenters. The van der Waals surface area contributed by atoms with Gasteiger partial charge < -0.3 is 10.4 Å². The van der Waals surface area contributed by atoms with Crippen molar-refractivity contribution in [3.63, 3.8) is 0 Å². The number of nitrogens with one attached hydrogen (secondary N) is 2. The lowest BCUT2D eigenvalue weighted by Crippen LogP contribution is -2.48. The summed E-state index contributed by atoms with van der Waals surface area (Å²) >= 11 is 6.16. The zero-order chi connectivity index (χ0) is 20.1. The second-order valence-electron chi connectivity index (χ2n) is 8.07. The number of carbonyl (C=O) groups is 2. The van der Waals surface area contributed by atoms with Crippen LogP contribution in [0.1, 0.15) is 37.3 Å². The molecule has 6 heteroatoms. The van der Waals surface area contributed by atoms with E-state index in [9.17, 15) is 14.7 Å². The van der Waals surface area contributed by atoms with Crippen LogP contribution in [0.2, 0.25) is 5.02 Å². The Balaban J connectivity index is 1.99. The topological polar surface area (TPSA) is 78.4 Å². The normalized spacial score (nSPS) is 28.6. The number of carbonyl (C=O) groups excluding carboxylic acids is 1. The Hall–Kier alpha value is -2.37. The van der Waals surface area contributed by atoms with Gasteiger partial charge in [0.2, 0.25) is 5.91 Å². The van der Waals surface area contributed by atoms with Crippen molar-refractivity contribution in [1.29, 1.82) is 0 Å². The molecular formula is C22H23ClN2O3. The maximum absolute atomic E-state index is 13.5. The van der Waals surface area contributed by atoms with Crippen LogP contribution in [0.4, 0.5) is 5.69 Å². The highest BCUT2D eigenvalue weighted by Gasteiger charge is 2.65. The molecule has 0 aliphatic carbocycles. The van der Waals surface area contributed by atoms with Crippen molar-refractivity contribution in [2.75, 3.05) is 5.32 Å². The van der Waals surface area contributed by atoms with Crippen LogP contribution in [0, 0.1) is 5.92 Å². The second kappa shape index (κ2) is 6.90. The third-order valence-electron chi connectivity index (χ3n) is 5.94. The van der Waals surface area contributed by atoms with Gasteiger partial charge in [-0.05, 0) is 35.6 Å². The SMILES string of the molecule is CC(C)C[C@@H]1N[C@H](C(=O)O)[C@@H](c2ccccc2)[C@]12C(=O)Nc1cc(Cl)ccc12. The van der Waals surface area contributed by atoms with Gasteiger partial charge in [0.05, 0.1) is 0 Å². The van der Waals surface area contributed by atoms with Gasteiger partial charge in [-0.25, -0.2) is 0 Å². The molecule has 2 aliphatic rings. The summed E-state index contributed by atoms with van der Waals surface area (Å²) in [6.45, 7) is 4.16. The van der Waals surface area contributed by atoms with Gasteiger partial charge >= 0.3 is 5.97 Å². The highest BCUT2D eigenvalue weighted by Crippen LogP contribution is 2.55. The first-order chi connectivity index (χ1) is 13.4. The number of hydrogen-bond acceptors (Lipinski definition) is 3. The molecule has 2 aliphatic heterocycles. The third kappa shape index (κ3) is 2.73. The number of carboxylic acids is 1. The average molecular weight is 399 g/mol. The van der Waals surface area contributed by atoms with Gasteiger partial charge in [-0.2, -0.15) is 0 Å². The molecule has 2 heterocycles. The molecule has 4 rings (SSSR count). The summed E-state index contributed by atoms with van der Waals surface area (Å²) in [6, 6.07) is 13.7. The van der Waals surface area contributed by atoms with Crippen molar-refractivity contribution < 1.29 is 14.7 Å². The Morgan fingerprint density at radius 3 is 2.57 bits per heavy atom. The zero-order valence-corrected chi connectivity index (χ0v) is 16.5. The molecule has 0 saturated carbocycles. The quantitative estimate of drug-likeness (QED) is 0.732. The highest BCUT2D eigenvalue weighted by atomic mass is 35.5. The first kappa shape index (κ1) is 19.0. The van der Waals surface area contributed by atoms with E-state index in [1.165, 1.54) is 0 Å². The predicted octanol–water partition coefficient (Wildman–Crippen LogP) is 3.78. The van der Waals surface area contributed by atoms with E-state index in [2.05, 4.69) is 24.5 Å². The molecule has 5 nitrogen and oxygen atoms in total. The summed E-state index contributed by atoms with van der Waals surface area (Å²) in [5.74, 6) is -1.35. The van der Waals surface area contributed by atoms with E-state index in [0.29, 0.717) is 23.0 Å². The maximum Gasteiger partial charge on any atom is 0.321 e. The predicted molar refractivity (Wildman–Crippen MR) is 109 cm³/mol. The number of fused-ring (bicyclic) bond motifs is 2. The summed E-state index contributed by atoms with van der Waals surface area (Å²) in [6.07, 6.45) is 0.683. The van der Waals surface area contributed by atoms with E-state index in [-0.39, 0.29) is 11.9 Å². The van der Waals surface area contributed by atoms with Gasteiger partial charge in [0, 0.05) is 22.7 Å². The molecule has 1 spiro atoms. The van der Waals surface area contributed by atoms with Crippen LogP contribution in [0.25, 0.3) is 0 Å². The zero-order valence-electron chi connectivity index (χ0n) is 15.8. The fourth-order valence-electron chi connectivity index (χ4n) is 4.96. The molecule has 3 N–H and O–H groups in total. The van der Waals surface area contributed by atoms with Gasteiger partial charge in [-0.1, -0.05) is 61.8 Å². The van der Waals surface area contributed by atoms with Crippen molar-refractivity contribution in [2.45, 2.75) is 43.7 Å². The van der Waals surface area contributed by atoms with Crippen LogP contribution >= 0.6 is 11.6 Å². The van der Waals surface area contributed by atoms with Gasteiger partial charge in [-0.15, -0.1) is 0 Å². The van der Waals surface area contributed by atoms with Crippen LogP contribution < -0.4 is 10.6 Å². The standard InChI is InChI=1S/C22H23ClN2O3/c1-12(2)10-17-22(15-9-8-14(23)11-16(15)24-21(22)28)18(19(25-17)20(26)27)13-6-4-3-5-7-13/h3-9,11-12,17-19,25H,10H2,1-2H3,(H,24,28)(H,26,27)/t17-,18+,19-,22+/m0/s1. The van der Waals surface area contributed by atoms with Crippen molar-refractivity contribution in [3.8, 4) is 0 Å². The number of halogens is 1. The minimum Gasteiger partial charge on any atom is -0.480 e. The minimum absolute atomic E-state index is 0.166. The van der Waals surface area contributed by atoms with E-state index >= 15 is 0 Å². The molecular weight excluding hydrogens is 376 g/mol. The molecule has 146 valence electrons. The highest BCUT2D eigenvalue weighted by molar-refractivity contribution is 6.31. The van der Waals surface area contributed by atoms with Crippen LogP contribution in [0.15, 0.2) is 48.5 Å². The van der Waals surface area contributed by atoms with E-state index in [4.69, 9.17) is 11.6 Å². The summed E-state index contributed by atoms with van der Waals surface area (Å²) in [5, 5.41) is 16.8. The van der Waals surface area contributed by atoms with E-state index < -0.39 is 23.3 Å². The van der Waals surface area contributed by atoms with Gasteiger partial charge in [-0.3, -0.25) is 14.9 Å². The van der Waals surface area contributed by atoms with Crippen molar-refractivity contribution >= 4 is 29.2 Å². The van der Waals surface area contributed by atoms with E-state index in [1.807, 2.05) is 36.4 Å². The summed E-state index contributed by atoms with van der Waals surface area (Å²) in [7, 11) is 0. The molecule has 0 radical (unpaired) electrons. The van der Waals surface area contributed by atoms with Crippen LogP contribution in [0.3, 0.4) is 0 Å². The fourth-order valence-corrected chi connectivity index (χ4v) is 5.13. The fraction of sp³-hybridized carbons (Fsp3) is 0.364. The molecule has 2 aromatic rings. The van der Waals surface area contributed by atoms with E-state index in [0.717, 1.165) is 11.1 Å². The molecule has 1 fully saturated rings. The first-order valence-electron chi connectivity index (χ1n) is 9.51. The summed E-state index contributed by atoms with van der Waals surface area (Å²) in [5.41, 5.74) is 1.32. The van der Waals surface area contributed by atoms with Gasteiger partial charge in [0.15, 0.2) is 0 Å². The van der Waals surface area contributed by atoms with Crippen LogP contribution in [-0.4, -0.2) is 29.1 Å². The number of benzene rings is 2. The maximum atomic E-state index is 13.5. The first-order valence-corrected chi connectivity index (χ1v) is 9.88. The average Bonchev–Trinajstić information content (AvgIpc) is 3.12. The van der Waals surface area contributed by atoms with Crippen LogP contribution in [-0.2, 0) is 15.0 Å². The number of anilines is 1. The molecule has 4 atom stereocenters. The molecule has 28 heavy (non-hydrogen) atoms. The van der Waals surface area contributed by atoms with E-state index in [1.54, 1.807) is 12.1 Å². The summed E-state index contributed by atoms with van der Waals surface area (Å²) < 4.78 is 0. The van der Waals surface area contributed by atoms with Crippen molar-refractivity contribution in [2.24, 2.45) is 5.92 Å². The van der Waals surface area contributed by atoms with Gasteiger partial charge in [0.25, 0.3) is 0 Å². The number of hydrogen-bond donors (Lipinski definition) is 3. The number of rotatable bonds is 4. The lowest BCUT2D eigenvalue weighted by molar-refractivity contribution is -0.139. The molecule has 0 bridgehead atoms. The number of carboxylic acid groups (broad SMARTS) is 1. The third-order valence-corrected chi connectivity index (χ3v) is 6.17. The van der Waals surface area contributed by atoms with Crippen molar-refractivity contribution in [1.82, 2.24) is 5.32 Å². The molecule has 1 amide bonds. The van der Waals surface area contributed by atoms with Crippen LogP contribution in [0.5, 0.6) is 0 Å².